The summed E-state index contributed by atoms with van der Waals surface area (Å²) in [4.78, 5) is 52.7. The molecule has 0 spiro atoms. The van der Waals surface area contributed by atoms with Crippen LogP contribution in [0.4, 0.5) is 11.4 Å². The van der Waals surface area contributed by atoms with Crippen molar-refractivity contribution in [3.63, 3.8) is 0 Å². The minimum absolute atomic E-state index is 0.0124. The first-order valence-electron chi connectivity index (χ1n) is 14.9. The number of para-hydroxylation sites is 1. The van der Waals surface area contributed by atoms with Gasteiger partial charge in [0.1, 0.15) is 16.7 Å². The molecule has 0 aliphatic carbocycles. The number of rotatable bonds is 12. The molecule has 0 aliphatic heterocycles. The molecule has 5 aromatic carbocycles. The summed E-state index contributed by atoms with van der Waals surface area (Å²) < 4.78 is 5.44. The maximum absolute atomic E-state index is 13.7. The van der Waals surface area contributed by atoms with Gasteiger partial charge >= 0.3 is 5.97 Å². The molecule has 246 valence electrons. The quantitative estimate of drug-likeness (QED) is 0.0771. The topological polar surface area (TPSA) is 134 Å². The lowest BCUT2D eigenvalue weighted by molar-refractivity contribution is -0.116. The highest BCUT2D eigenvalue weighted by Crippen LogP contribution is 2.37. The van der Waals surface area contributed by atoms with Gasteiger partial charge < -0.3 is 25.8 Å². The van der Waals surface area contributed by atoms with E-state index in [1.165, 1.54) is 43.1 Å². The lowest BCUT2D eigenvalue weighted by Gasteiger charge is -2.18. The van der Waals surface area contributed by atoms with E-state index in [0.29, 0.717) is 33.0 Å². The van der Waals surface area contributed by atoms with Gasteiger partial charge in [-0.15, -0.1) is 11.8 Å². The Labute approximate surface area is 292 Å². The van der Waals surface area contributed by atoms with Crippen molar-refractivity contribution in [3.05, 3.63) is 160 Å². The molecule has 1 atom stereocenters. The second-order valence-electron chi connectivity index (χ2n) is 10.5. The average molecular weight is 692 g/mol. The number of methoxy groups -OCH3 is 1. The normalized spacial score (nSPS) is 11.6. The lowest BCUT2D eigenvalue weighted by atomic mass is 10.1. The third kappa shape index (κ3) is 9.16. The highest BCUT2D eigenvalue weighted by Gasteiger charge is 2.24. The van der Waals surface area contributed by atoms with Crippen LogP contribution in [-0.2, 0) is 9.59 Å². The third-order valence-electron chi connectivity index (χ3n) is 7.12. The standard InChI is InChI=1S/C38H30ClN3O6S/c1-48-33-18-9-8-15-26(33)21-32(42-35(43)25-13-6-3-7-14-25)36(44)40-27-16-10-17-29(22-27)49-34(24-11-4-2-5-12-24)37(45)41-28-19-20-31(39)30(23-28)38(46)47/h2-23,34H,1H3,(H,40,44)(H,41,45)(H,42,43)(H,46,47)/b32-21+. The number of carbonyl (C=O) groups excluding carboxylic acids is 3. The van der Waals surface area contributed by atoms with E-state index in [1.54, 1.807) is 78.9 Å². The SMILES string of the molecule is COc1ccccc1/C=C(/NC(=O)c1ccccc1)C(=O)Nc1cccc(SC(C(=O)Nc2ccc(Cl)c(C(=O)O)c2)c2ccccc2)c1. The molecule has 0 radical (unpaired) electrons. The summed E-state index contributed by atoms with van der Waals surface area (Å²) >= 11 is 7.25. The first kappa shape index (κ1) is 34.5. The van der Waals surface area contributed by atoms with Gasteiger partial charge in [0.25, 0.3) is 11.8 Å². The van der Waals surface area contributed by atoms with E-state index >= 15 is 0 Å². The van der Waals surface area contributed by atoms with Crippen molar-refractivity contribution in [3.8, 4) is 5.75 Å². The molecule has 5 aromatic rings. The molecule has 3 amide bonds. The Morgan fingerprint density at radius 1 is 0.776 bits per heavy atom. The van der Waals surface area contributed by atoms with Crippen LogP contribution < -0.4 is 20.7 Å². The number of thioether (sulfide) groups is 1. The summed E-state index contributed by atoms with van der Waals surface area (Å²) in [6.07, 6.45) is 1.54. The van der Waals surface area contributed by atoms with Crippen molar-refractivity contribution in [2.75, 3.05) is 17.7 Å². The molecule has 5 rings (SSSR count). The zero-order valence-electron chi connectivity index (χ0n) is 26.1. The predicted molar refractivity (Wildman–Crippen MR) is 192 cm³/mol. The molecule has 9 nitrogen and oxygen atoms in total. The van der Waals surface area contributed by atoms with Crippen LogP contribution in [0.5, 0.6) is 5.75 Å². The molecule has 0 saturated carbocycles. The van der Waals surface area contributed by atoms with Crippen LogP contribution in [0.1, 0.15) is 37.1 Å². The fraction of sp³-hybridized carbons (Fsp3) is 0.0526. The fourth-order valence-corrected chi connectivity index (χ4v) is 6.02. The molecule has 49 heavy (non-hydrogen) atoms. The van der Waals surface area contributed by atoms with Crippen LogP contribution in [0, 0.1) is 0 Å². The van der Waals surface area contributed by atoms with Crippen LogP contribution in [-0.4, -0.2) is 35.9 Å². The van der Waals surface area contributed by atoms with Crippen LogP contribution in [0.25, 0.3) is 6.08 Å². The van der Waals surface area contributed by atoms with E-state index in [0.717, 1.165) is 0 Å². The molecular formula is C38H30ClN3O6S. The van der Waals surface area contributed by atoms with Crippen LogP contribution >= 0.6 is 23.4 Å². The molecule has 0 fully saturated rings. The lowest BCUT2D eigenvalue weighted by Crippen LogP contribution is -2.30. The molecule has 1 unspecified atom stereocenters. The van der Waals surface area contributed by atoms with Crippen LogP contribution in [0.2, 0.25) is 5.02 Å². The molecule has 0 aliphatic rings. The maximum Gasteiger partial charge on any atom is 0.337 e. The first-order valence-corrected chi connectivity index (χ1v) is 16.2. The van der Waals surface area contributed by atoms with Gasteiger partial charge in [0.15, 0.2) is 0 Å². The van der Waals surface area contributed by atoms with Crippen molar-refractivity contribution in [2.45, 2.75) is 10.1 Å². The van der Waals surface area contributed by atoms with Gasteiger partial charge in [0, 0.05) is 27.4 Å². The van der Waals surface area contributed by atoms with E-state index in [9.17, 15) is 24.3 Å². The Morgan fingerprint density at radius 3 is 2.16 bits per heavy atom. The van der Waals surface area contributed by atoms with Crippen molar-refractivity contribution in [2.24, 2.45) is 0 Å². The van der Waals surface area contributed by atoms with Gasteiger partial charge in [-0.25, -0.2) is 4.79 Å². The summed E-state index contributed by atoms with van der Waals surface area (Å²) in [5.74, 6) is -2.13. The Morgan fingerprint density at radius 2 is 1.45 bits per heavy atom. The van der Waals surface area contributed by atoms with Gasteiger partial charge in [-0.05, 0) is 66.2 Å². The minimum atomic E-state index is -1.21. The predicted octanol–water partition coefficient (Wildman–Crippen LogP) is 7.93. The van der Waals surface area contributed by atoms with Crippen LogP contribution in [0.3, 0.4) is 0 Å². The zero-order chi connectivity index (χ0) is 34.8. The van der Waals surface area contributed by atoms with Crippen LogP contribution in [0.15, 0.2) is 138 Å². The summed E-state index contributed by atoms with van der Waals surface area (Å²) in [5.41, 5.74) is 2.22. The largest absolute Gasteiger partial charge is 0.496 e. The molecule has 0 aromatic heterocycles. The Bertz CT molecular complexity index is 2020. The zero-order valence-corrected chi connectivity index (χ0v) is 27.6. The van der Waals surface area contributed by atoms with Crippen molar-refractivity contribution in [1.29, 1.82) is 0 Å². The van der Waals surface area contributed by atoms with E-state index in [-0.39, 0.29) is 22.0 Å². The molecule has 0 heterocycles. The molecule has 11 heteroatoms. The molecular weight excluding hydrogens is 662 g/mol. The molecule has 0 bridgehead atoms. The van der Waals surface area contributed by atoms with Gasteiger partial charge in [-0.3, -0.25) is 14.4 Å². The number of benzene rings is 5. The smallest absolute Gasteiger partial charge is 0.337 e. The summed E-state index contributed by atoms with van der Waals surface area (Å²) in [6, 6.07) is 35.9. The maximum atomic E-state index is 13.7. The number of anilines is 2. The van der Waals surface area contributed by atoms with Crippen molar-refractivity contribution in [1.82, 2.24) is 5.32 Å². The van der Waals surface area contributed by atoms with Gasteiger partial charge in [-0.2, -0.15) is 0 Å². The summed E-state index contributed by atoms with van der Waals surface area (Å²) in [6.45, 7) is 0. The Hall–Kier alpha value is -5.84. The van der Waals surface area contributed by atoms with E-state index < -0.39 is 28.9 Å². The number of carboxylic acid groups (broad SMARTS) is 1. The highest BCUT2D eigenvalue weighted by atomic mass is 35.5. The number of amides is 3. The first-order chi connectivity index (χ1) is 23.7. The van der Waals surface area contributed by atoms with Gasteiger partial charge in [0.05, 0.1) is 17.7 Å². The Kier molecular flexibility index (Phi) is 11.5. The summed E-state index contributed by atoms with van der Waals surface area (Å²) in [5, 5.41) is 17.1. The van der Waals surface area contributed by atoms with Crippen molar-refractivity contribution < 1.29 is 29.0 Å². The van der Waals surface area contributed by atoms with Crippen molar-refractivity contribution >= 4 is 64.5 Å². The molecule has 4 N–H and O–H groups in total. The van der Waals surface area contributed by atoms with E-state index in [2.05, 4.69) is 16.0 Å². The number of halogens is 1. The fourth-order valence-electron chi connectivity index (χ4n) is 4.74. The minimum Gasteiger partial charge on any atom is -0.496 e. The second kappa shape index (κ2) is 16.3. The Balaban J connectivity index is 1.40. The van der Waals surface area contributed by atoms with Gasteiger partial charge in [0.2, 0.25) is 5.91 Å². The molecule has 0 saturated heterocycles. The van der Waals surface area contributed by atoms with E-state index in [4.69, 9.17) is 16.3 Å². The highest BCUT2D eigenvalue weighted by molar-refractivity contribution is 8.00. The number of carbonyl (C=O) groups is 4. The third-order valence-corrected chi connectivity index (χ3v) is 8.70. The number of ether oxygens (including phenoxy) is 1. The average Bonchev–Trinajstić information content (AvgIpc) is 3.12. The number of hydrogen-bond acceptors (Lipinski definition) is 6. The number of aromatic carboxylic acids is 1. The monoisotopic (exact) mass is 691 g/mol. The summed E-state index contributed by atoms with van der Waals surface area (Å²) in [7, 11) is 1.52. The van der Waals surface area contributed by atoms with Gasteiger partial charge in [-0.1, -0.05) is 84.4 Å². The van der Waals surface area contributed by atoms with E-state index in [1.807, 2.05) is 30.3 Å². The number of nitrogens with one attached hydrogen (secondary N) is 3. The number of hydrogen-bond donors (Lipinski definition) is 4. The number of carboxylic acids is 1. The second-order valence-corrected chi connectivity index (χ2v) is 12.1.